The Balaban J connectivity index is 2.05. The van der Waals surface area contributed by atoms with Crippen LogP contribution in [0, 0.1) is 23.0 Å². The van der Waals surface area contributed by atoms with Gasteiger partial charge in [0.2, 0.25) is 0 Å². The fourth-order valence-electron chi connectivity index (χ4n) is 1.96. The molecule has 0 saturated carbocycles. The average molecular weight is 330 g/mol. The minimum atomic E-state index is -1.04. The Morgan fingerprint density at radius 2 is 1.71 bits per heavy atom. The lowest BCUT2D eigenvalue weighted by molar-refractivity contribution is -0.121. The van der Waals surface area contributed by atoms with Crippen molar-refractivity contribution in [1.82, 2.24) is 0 Å². The van der Waals surface area contributed by atoms with Gasteiger partial charge in [0.15, 0.2) is 6.61 Å². The Kier molecular flexibility index (Phi) is 5.58. The first kappa shape index (κ1) is 17.1. The van der Waals surface area contributed by atoms with Gasteiger partial charge in [0.25, 0.3) is 5.91 Å². The van der Waals surface area contributed by atoms with Crippen LogP contribution in [0.4, 0.5) is 14.5 Å². The molecule has 5 nitrogen and oxygen atoms in total. The largest absolute Gasteiger partial charge is 0.452 e. The van der Waals surface area contributed by atoms with Gasteiger partial charge in [0.1, 0.15) is 18.2 Å². The Labute approximate surface area is 136 Å². The first-order chi connectivity index (χ1) is 11.5. The number of para-hydroxylation sites is 1. The molecule has 0 saturated heterocycles. The van der Waals surface area contributed by atoms with Gasteiger partial charge in [-0.05, 0) is 24.3 Å². The van der Waals surface area contributed by atoms with Gasteiger partial charge in [-0.1, -0.05) is 18.2 Å². The monoisotopic (exact) mass is 330 g/mol. The van der Waals surface area contributed by atoms with E-state index in [1.165, 1.54) is 0 Å². The van der Waals surface area contributed by atoms with Crippen molar-refractivity contribution in [3.8, 4) is 6.07 Å². The minimum absolute atomic E-state index is 0.227. The van der Waals surface area contributed by atoms with Crippen LogP contribution in [0.25, 0.3) is 0 Å². The van der Waals surface area contributed by atoms with Crippen molar-refractivity contribution in [2.24, 2.45) is 0 Å². The summed E-state index contributed by atoms with van der Waals surface area (Å²) in [4.78, 5) is 25.1. The number of benzene rings is 2. The number of nitriles is 1. The van der Waals surface area contributed by atoms with Gasteiger partial charge in [-0.15, -0.1) is 0 Å². The quantitative estimate of drug-likeness (QED) is 0.624. The third kappa shape index (κ3) is 4.36. The van der Waals surface area contributed by atoms with Crippen LogP contribution >= 0.6 is 0 Å². The molecular formula is C17H12F2N2O3. The van der Waals surface area contributed by atoms with E-state index in [-0.39, 0.29) is 12.1 Å². The molecule has 0 aromatic heterocycles. The van der Waals surface area contributed by atoms with Crippen LogP contribution in [0.2, 0.25) is 0 Å². The molecule has 0 radical (unpaired) electrons. The highest BCUT2D eigenvalue weighted by Gasteiger charge is 2.18. The molecule has 0 heterocycles. The minimum Gasteiger partial charge on any atom is -0.452 e. The number of esters is 1. The lowest BCUT2D eigenvalue weighted by atomic mass is 10.2. The Hall–Kier alpha value is -3.27. The molecule has 0 atom stereocenters. The van der Waals surface area contributed by atoms with Crippen LogP contribution in [0.15, 0.2) is 48.5 Å². The number of amides is 1. The molecule has 7 heteroatoms. The highest BCUT2D eigenvalue weighted by Crippen LogP contribution is 2.14. The summed E-state index contributed by atoms with van der Waals surface area (Å²) in [5, 5.41) is 8.83. The van der Waals surface area contributed by atoms with Gasteiger partial charge >= 0.3 is 5.97 Å². The average Bonchev–Trinajstić information content (AvgIpc) is 2.57. The summed E-state index contributed by atoms with van der Waals surface area (Å²) in [6.45, 7) is -0.886. The molecule has 1 amide bonds. The van der Waals surface area contributed by atoms with E-state index in [0.717, 1.165) is 17.0 Å². The molecule has 0 fully saturated rings. The van der Waals surface area contributed by atoms with E-state index >= 15 is 0 Å². The second-order valence-corrected chi connectivity index (χ2v) is 4.71. The Morgan fingerprint density at radius 3 is 2.29 bits per heavy atom. The molecule has 24 heavy (non-hydrogen) atoms. The maximum absolute atomic E-state index is 13.1. The van der Waals surface area contributed by atoms with E-state index in [0.29, 0.717) is 11.8 Å². The van der Waals surface area contributed by atoms with E-state index in [1.807, 2.05) is 6.07 Å². The van der Waals surface area contributed by atoms with Gasteiger partial charge in [0.05, 0.1) is 11.6 Å². The summed E-state index contributed by atoms with van der Waals surface area (Å²) in [6, 6.07) is 12.4. The van der Waals surface area contributed by atoms with Crippen LogP contribution in [-0.4, -0.2) is 25.0 Å². The maximum atomic E-state index is 13.1. The number of hydrogen-bond acceptors (Lipinski definition) is 4. The maximum Gasteiger partial charge on any atom is 0.338 e. The number of nitrogens with zero attached hydrogens (tertiary/aromatic N) is 2. The number of ether oxygens (including phenoxy) is 1. The fourth-order valence-corrected chi connectivity index (χ4v) is 1.96. The molecular weight excluding hydrogens is 318 g/mol. The SMILES string of the molecule is N#CCN(C(=O)COC(=O)c1cc(F)cc(F)c1)c1ccccc1. The number of anilines is 1. The zero-order chi connectivity index (χ0) is 17.5. The summed E-state index contributed by atoms with van der Waals surface area (Å²) in [5.74, 6) is -3.52. The third-order valence-corrected chi connectivity index (χ3v) is 3.02. The molecule has 2 rings (SSSR count). The lowest BCUT2D eigenvalue weighted by Crippen LogP contribution is -2.35. The molecule has 0 bridgehead atoms. The first-order valence-electron chi connectivity index (χ1n) is 6.87. The van der Waals surface area contributed by atoms with Gasteiger partial charge in [-0.25, -0.2) is 13.6 Å². The third-order valence-electron chi connectivity index (χ3n) is 3.02. The highest BCUT2D eigenvalue weighted by atomic mass is 19.1. The van der Waals surface area contributed by atoms with Crippen molar-refractivity contribution >= 4 is 17.6 Å². The summed E-state index contributed by atoms with van der Waals surface area (Å²) in [7, 11) is 0. The smallest absolute Gasteiger partial charge is 0.338 e. The van der Waals surface area contributed by atoms with Crippen LogP contribution < -0.4 is 4.90 Å². The molecule has 0 aliphatic heterocycles. The standard InChI is InChI=1S/C17H12F2N2O3/c18-13-8-12(9-14(19)10-13)17(23)24-11-16(22)21(7-6-20)15-4-2-1-3-5-15/h1-5,8-10H,7,11H2. The molecule has 0 N–H and O–H groups in total. The van der Waals surface area contributed by atoms with Crippen LogP contribution in [0.1, 0.15) is 10.4 Å². The second-order valence-electron chi connectivity index (χ2n) is 4.71. The Morgan fingerprint density at radius 1 is 1.08 bits per heavy atom. The molecule has 0 unspecified atom stereocenters. The highest BCUT2D eigenvalue weighted by molar-refractivity contribution is 5.97. The number of halogens is 2. The first-order valence-corrected chi connectivity index (χ1v) is 6.87. The number of hydrogen-bond donors (Lipinski definition) is 0. The molecule has 0 aliphatic carbocycles. The zero-order valence-corrected chi connectivity index (χ0v) is 12.4. The van der Waals surface area contributed by atoms with E-state index in [9.17, 15) is 18.4 Å². The van der Waals surface area contributed by atoms with Crippen molar-refractivity contribution in [3.05, 3.63) is 65.7 Å². The van der Waals surface area contributed by atoms with Crippen molar-refractivity contribution in [1.29, 1.82) is 5.26 Å². The molecule has 122 valence electrons. The van der Waals surface area contributed by atoms with Gasteiger partial charge < -0.3 is 4.74 Å². The molecule has 2 aromatic rings. The van der Waals surface area contributed by atoms with Crippen molar-refractivity contribution < 1.29 is 23.1 Å². The van der Waals surface area contributed by atoms with Crippen molar-refractivity contribution in [2.45, 2.75) is 0 Å². The number of carbonyl (C=O) groups excluding carboxylic acids is 2. The summed E-state index contributed by atoms with van der Waals surface area (Å²) < 4.78 is 30.9. The van der Waals surface area contributed by atoms with E-state index in [4.69, 9.17) is 10.00 Å². The predicted octanol–water partition coefficient (Wildman–Crippen LogP) is 2.68. The predicted molar refractivity (Wildman–Crippen MR) is 81.0 cm³/mol. The zero-order valence-electron chi connectivity index (χ0n) is 12.4. The van der Waals surface area contributed by atoms with E-state index in [1.54, 1.807) is 30.3 Å². The summed E-state index contributed by atoms with van der Waals surface area (Å²) >= 11 is 0. The topological polar surface area (TPSA) is 70.4 Å². The van der Waals surface area contributed by atoms with Crippen molar-refractivity contribution in [3.63, 3.8) is 0 Å². The van der Waals surface area contributed by atoms with Crippen LogP contribution in [-0.2, 0) is 9.53 Å². The number of carbonyl (C=O) groups is 2. The molecule has 0 aliphatic rings. The van der Waals surface area contributed by atoms with Gasteiger partial charge in [-0.3, -0.25) is 9.69 Å². The summed E-state index contributed by atoms with van der Waals surface area (Å²) in [6.07, 6.45) is 0. The fraction of sp³-hybridized carbons (Fsp3) is 0.118. The van der Waals surface area contributed by atoms with Crippen LogP contribution in [0.5, 0.6) is 0 Å². The molecule has 2 aromatic carbocycles. The second kappa shape index (κ2) is 7.83. The van der Waals surface area contributed by atoms with Crippen molar-refractivity contribution in [2.75, 3.05) is 18.1 Å². The lowest BCUT2D eigenvalue weighted by Gasteiger charge is -2.19. The van der Waals surface area contributed by atoms with Gasteiger partial charge in [-0.2, -0.15) is 5.26 Å². The van der Waals surface area contributed by atoms with Crippen LogP contribution in [0.3, 0.4) is 0 Å². The van der Waals surface area contributed by atoms with E-state index in [2.05, 4.69) is 0 Å². The Bertz CT molecular complexity index is 768. The normalized spacial score (nSPS) is 9.88. The van der Waals surface area contributed by atoms with E-state index < -0.39 is 30.1 Å². The van der Waals surface area contributed by atoms with Gasteiger partial charge in [0, 0.05) is 11.8 Å². The molecule has 0 spiro atoms. The number of rotatable bonds is 5. The summed E-state index contributed by atoms with van der Waals surface area (Å²) in [5.41, 5.74) is 0.128.